The third-order valence-corrected chi connectivity index (χ3v) is 6.28. The lowest BCUT2D eigenvalue weighted by Crippen LogP contribution is -2.51. The van der Waals surface area contributed by atoms with Gasteiger partial charge >= 0.3 is 0 Å². The average Bonchev–Trinajstić information content (AvgIpc) is 3.30. The van der Waals surface area contributed by atoms with Gasteiger partial charge in [0.1, 0.15) is 17.9 Å². The molecule has 0 radical (unpaired) electrons. The second kappa shape index (κ2) is 8.66. The first-order valence-electron chi connectivity index (χ1n) is 10.6. The highest BCUT2D eigenvalue weighted by Crippen LogP contribution is 2.32. The average molecular weight is 452 g/mol. The second-order valence-corrected chi connectivity index (χ2v) is 8.24. The third kappa shape index (κ3) is 3.95. The van der Waals surface area contributed by atoms with Crippen molar-refractivity contribution in [2.24, 2.45) is 0 Å². The maximum absolute atomic E-state index is 5.65. The molecule has 1 aromatic heterocycles. The lowest BCUT2D eigenvalue weighted by atomic mass is 10.1. The molecular weight excluding hydrogens is 426 g/mol. The number of hydrogen-bond acceptors (Lipinski definition) is 7. The fourth-order valence-electron chi connectivity index (χ4n) is 4.11. The van der Waals surface area contributed by atoms with Crippen LogP contribution in [0.15, 0.2) is 36.7 Å². The van der Waals surface area contributed by atoms with Crippen molar-refractivity contribution in [3.8, 4) is 17.2 Å². The van der Waals surface area contributed by atoms with E-state index in [1.165, 1.54) is 0 Å². The van der Waals surface area contributed by atoms with Gasteiger partial charge in [-0.25, -0.2) is 9.97 Å². The van der Waals surface area contributed by atoms with Gasteiger partial charge in [-0.1, -0.05) is 6.07 Å². The summed E-state index contributed by atoms with van der Waals surface area (Å²) in [6.07, 6.45) is 1.63. The van der Waals surface area contributed by atoms with Crippen LogP contribution in [-0.4, -0.2) is 60.1 Å². The molecule has 2 aliphatic heterocycles. The SMILES string of the molecule is COc1cc2c(N3CCN(C(=S)NCc4ccc5c(c4)OCO5)CC3)ncnc2cc1C. The molecule has 0 atom stereocenters. The molecule has 9 heteroatoms. The summed E-state index contributed by atoms with van der Waals surface area (Å²) in [5.41, 5.74) is 3.09. The van der Waals surface area contributed by atoms with Crippen LogP contribution in [0.2, 0.25) is 0 Å². The molecule has 166 valence electrons. The molecule has 1 saturated heterocycles. The number of aromatic nitrogens is 2. The lowest BCUT2D eigenvalue weighted by molar-refractivity contribution is 0.174. The van der Waals surface area contributed by atoms with E-state index in [1.807, 2.05) is 37.3 Å². The lowest BCUT2D eigenvalue weighted by Gasteiger charge is -2.37. The number of piperazine rings is 1. The maximum atomic E-state index is 5.65. The highest BCUT2D eigenvalue weighted by atomic mass is 32.1. The number of aryl methyl sites for hydroxylation is 1. The number of ether oxygens (including phenoxy) is 3. The molecule has 1 N–H and O–H groups in total. The van der Waals surface area contributed by atoms with E-state index >= 15 is 0 Å². The molecule has 32 heavy (non-hydrogen) atoms. The normalized spacial score (nSPS) is 15.2. The van der Waals surface area contributed by atoms with Crippen LogP contribution in [0.3, 0.4) is 0 Å². The summed E-state index contributed by atoms with van der Waals surface area (Å²) < 4.78 is 16.3. The molecule has 0 unspecified atom stereocenters. The molecular formula is C23H25N5O3S. The Morgan fingerprint density at radius 2 is 1.91 bits per heavy atom. The number of methoxy groups -OCH3 is 1. The smallest absolute Gasteiger partial charge is 0.231 e. The van der Waals surface area contributed by atoms with Gasteiger partial charge in [0.05, 0.1) is 12.6 Å². The minimum atomic E-state index is 0.281. The fraction of sp³-hybridized carbons (Fsp3) is 0.348. The van der Waals surface area contributed by atoms with Crippen LogP contribution < -0.4 is 24.4 Å². The molecule has 5 rings (SSSR count). The van der Waals surface area contributed by atoms with Crippen molar-refractivity contribution in [2.75, 3.05) is 45.0 Å². The molecule has 8 nitrogen and oxygen atoms in total. The Morgan fingerprint density at radius 1 is 1.09 bits per heavy atom. The Bertz CT molecular complexity index is 1160. The van der Waals surface area contributed by atoms with Crippen molar-refractivity contribution in [1.82, 2.24) is 20.2 Å². The van der Waals surface area contributed by atoms with Crippen LogP contribution >= 0.6 is 12.2 Å². The first-order chi connectivity index (χ1) is 15.6. The number of nitrogens with zero attached hydrogens (tertiary/aromatic N) is 4. The molecule has 0 spiro atoms. The van der Waals surface area contributed by atoms with Crippen molar-refractivity contribution in [1.29, 1.82) is 0 Å². The van der Waals surface area contributed by atoms with Gasteiger partial charge in [0, 0.05) is 38.1 Å². The number of rotatable bonds is 4. The van der Waals surface area contributed by atoms with E-state index in [4.69, 9.17) is 26.4 Å². The van der Waals surface area contributed by atoms with Crippen LogP contribution in [0.4, 0.5) is 5.82 Å². The van der Waals surface area contributed by atoms with Gasteiger partial charge in [0.2, 0.25) is 6.79 Å². The first-order valence-corrected chi connectivity index (χ1v) is 11.0. The summed E-state index contributed by atoms with van der Waals surface area (Å²) in [6.45, 7) is 6.25. The van der Waals surface area contributed by atoms with Gasteiger partial charge in [0.25, 0.3) is 0 Å². The van der Waals surface area contributed by atoms with Crippen molar-refractivity contribution in [3.63, 3.8) is 0 Å². The number of hydrogen-bond donors (Lipinski definition) is 1. The van der Waals surface area contributed by atoms with E-state index in [0.717, 1.165) is 76.4 Å². The van der Waals surface area contributed by atoms with Crippen LogP contribution in [0, 0.1) is 6.92 Å². The minimum absolute atomic E-state index is 0.281. The van der Waals surface area contributed by atoms with E-state index in [-0.39, 0.29) is 6.79 Å². The topological polar surface area (TPSA) is 72.0 Å². The highest BCUT2D eigenvalue weighted by Gasteiger charge is 2.22. The quantitative estimate of drug-likeness (QED) is 0.603. The molecule has 2 aliphatic rings. The zero-order valence-corrected chi connectivity index (χ0v) is 18.9. The van der Waals surface area contributed by atoms with Gasteiger partial charge in [0.15, 0.2) is 16.6 Å². The van der Waals surface area contributed by atoms with Crippen molar-refractivity contribution < 1.29 is 14.2 Å². The molecule has 2 aromatic carbocycles. The summed E-state index contributed by atoms with van der Waals surface area (Å²) in [5, 5.41) is 5.13. The largest absolute Gasteiger partial charge is 0.496 e. The Kier molecular flexibility index (Phi) is 5.57. The standard InChI is InChI=1S/C23H25N5O3S/c1-15-9-18-17(11-20(15)29-2)22(26-13-25-18)27-5-7-28(8-6-27)23(32)24-12-16-3-4-19-21(10-16)31-14-30-19/h3-4,9-11,13H,5-8,12,14H2,1-2H3,(H,24,32). The molecule has 0 amide bonds. The van der Waals surface area contributed by atoms with Crippen LogP contribution in [-0.2, 0) is 6.54 Å². The number of nitrogens with one attached hydrogen (secondary N) is 1. The molecule has 3 aromatic rings. The van der Waals surface area contributed by atoms with Gasteiger partial charge in [-0.2, -0.15) is 0 Å². The van der Waals surface area contributed by atoms with Gasteiger partial charge < -0.3 is 29.3 Å². The monoisotopic (exact) mass is 451 g/mol. The van der Waals surface area contributed by atoms with E-state index in [9.17, 15) is 0 Å². The molecule has 0 bridgehead atoms. The second-order valence-electron chi connectivity index (χ2n) is 7.86. The van der Waals surface area contributed by atoms with E-state index in [0.29, 0.717) is 6.54 Å². The Balaban J connectivity index is 1.22. The minimum Gasteiger partial charge on any atom is -0.496 e. The zero-order valence-electron chi connectivity index (χ0n) is 18.1. The fourth-order valence-corrected chi connectivity index (χ4v) is 4.36. The van der Waals surface area contributed by atoms with E-state index < -0.39 is 0 Å². The van der Waals surface area contributed by atoms with Crippen molar-refractivity contribution in [2.45, 2.75) is 13.5 Å². The summed E-state index contributed by atoms with van der Waals surface area (Å²) >= 11 is 5.65. The van der Waals surface area contributed by atoms with E-state index in [2.05, 4.69) is 25.1 Å². The summed E-state index contributed by atoms with van der Waals surface area (Å²) in [7, 11) is 1.69. The zero-order chi connectivity index (χ0) is 22.1. The van der Waals surface area contributed by atoms with Gasteiger partial charge in [-0.3, -0.25) is 0 Å². The van der Waals surface area contributed by atoms with Crippen LogP contribution in [0.25, 0.3) is 10.9 Å². The predicted molar refractivity (Wildman–Crippen MR) is 127 cm³/mol. The number of anilines is 1. The highest BCUT2D eigenvalue weighted by molar-refractivity contribution is 7.80. The molecule has 0 saturated carbocycles. The Morgan fingerprint density at radius 3 is 2.72 bits per heavy atom. The van der Waals surface area contributed by atoms with E-state index in [1.54, 1.807) is 13.4 Å². The summed E-state index contributed by atoms with van der Waals surface area (Å²) in [6, 6.07) is 10.0. The summed E-state index contributed by atoms with van der Waals surface area (Å²) in [4.78, 5) is 13.5. The third-order valence-electron chi connectivity index (χ3n) is 5.88. The predicted octanol–water partition coefficient (Wildman–Crippen LogP) is 2.87. The van der Waals surface area contributed by atoms with Crippen LogP contribution in [0.1, 0.15) is 11.1 Å². The van der Waals surface area contributed by atoms with Crippen molar-refractivity contribution >= 4 is 34.1 Å². The van der Waals surface area contributed by atoms with Gasteiger partial charge in [-0.15, -0.1) is 0 Å². The number of benzene rings is 2. The van der Waals surface area contributed by atoms with Crippen LogP contribution in [0.5, 0.6) is 17.2 Å². The summed E-state index contributed by atoms with van der Waals surface area (Å²) in [5.74, 6) is 3.36. The molecule has 0 aliphatic carbocycles. The number of thiocarbonyl (C=S) groups is 1. The van der Waals surface area contributed by atoms with Crippen molar-refractivity contribution in [3.05, 3.63) is 47.8 Å². The first kappa shape index (κ1) is 20.6. The molecule has 1 fully saturated rings. The Hall–Kier alpha value is -3.33. The van der Waals surface area contributed by atoms with Gasteiger partial charge in [-0.05, 0) is 54.5 Å². The Labute approximate surface area is 192 Å². The maximum Gasteiger partial charge on any atom is 0.231 e. The molecule has 3 heterocycles. The number of fused-ring (bicyclic) bond motifs is 2.